The standard InChI is InChI=1S/C18H15F3N4O/c1-11-9-25(18(22)24-11)23-8-13-3-4-14(19)7-17(13)26-10-12-2-5-15(20)16(21)6-12/h2-9H,10H2,1H3,(H2,22,24). The van der Waals surface area contributed by atoms with Crippen LogP contribution < -0.4 is 10.5 Å². The highest BCUT2D eigenvalue weighted by Crippen LogP contribution is 2.21. The molecule has 1 heterocycles. The number of aromatic nitrogens is 2. The van der Waals surface area contributed by atoms with E-state index in [1.54, 1.807) is 13.1 Å². The van der Waals surface area contributed by atoms with Crippen molar-refractivity contribution < 1.29 is 17.9 Å². The van der Waals surface area contributed by atoms with Crippen LogP contribution in [0.5, 0.6) is 5.75 Å². The predicted molar refractivity (Wildman–Crippen MR) is 91.5 cm³/mol. The zero-order valence-corrected chi connectivity index (χ0v) is 13.8. The van der Waals surface area contributed by atoms with Crippen molar-refractivity contribution >= 4 is 12.2 Å². The van der Waals surface area contributed by atoms with E-state index in [2.05, 4.69) is 10.1 Å². The van der Waals surface area contributed by atoms with E-state index >= 15 is 0 Å². The number of ether oxygens (including phenoxy) is 1. The number of nitrogens with zero attached hydrogens (tertiary/aromatic N) is 3. The van der Waals surface area contributed by atoms with Gasteiger partial charge in [0, 0.05) is 11.6 Å². The second-order valence-electron chi connectivity index (χ2n) is 5.55. The fourth-order valence-electron chi connectivity index (χ4n) is 2.25. The summed E-state index contributed by atoms with van der Waals surface area (Å²) in [6.07, 6.45) is 3.08. The number of rotatable bonds is 5. The van der Waals surface area contributed by atoms with E-state index < -0.39 is 17.5 Å². The molecule has 0 aliphatic heterocycles. The molecular formula is C18H15F3N4O. The average Bonchev–Trinajstić information content (AvgIpc) is 2.92. The SMILES string of the molecule is Cc1cn(N=Cc2ccc(F)cc2OCc2ccc(F)c(F)c2)c(N)n1. The van der Waals surface area contributed by atoms with Gasteiger partial charge in [0.25, 0.3) is 0 Å². The number of aryl methyl sites for hydroxylation is 1. The Morgan fingerprint density at radius 2 is 1.96 bits per heavy atom. The summed E-state index contributed by atoms with van der Waals surface area (Å²) in [4.78, 5) is 4.02. The molecule has 8 heteroatoms. The van der Waals surface area contributed by atoms with Crippen molar-refractivity contribution in [1.82, 2.24) is 9.66 Å². The molecule has 0 aliphatic rings. The molecule has 1 aromatic heterocycles. The molecule has 0 atom stereocenters. The maximum Gasteiger partial charge on any atom is 0.221 e. The topological polar surface area (TPSA) is 65.4 Å². The molecule has 0 unspecified atom stereocenters. The van der Waals surface area contributed by atoms with Gasteiger partial charge in [0.2, 0.25) is 5.95 Å². The molecular weight excluding hydrogens is 345 g/mol. The molecule has 3 rings (SSSR count). The second-order valence-corrected chi connectivity index (χ2v) is 5.55. The highest BCUT2D eigenvalue weighted by atomic mass is 19.2. The summed E-state index contributed by atoms with van der Waals surface area (Å²) in [7, 11) is 0. The lowest BCUT2D eigenvalue weighted by Crippen LogP contribution is -2.01. The largest absolute Gasteiger partial charge is 0.488 e. The Kier molecular flexibility index (Phi) is 4.92. The van der Waals surface area contributed by atoms with Crippen LogP contribution in [0.1, 0.15) is 16.8 Å². The zero-order valence-electron chi connectivity index (χ0n) is 13.8. The van der Waals surface area contributed by atoms with Crippen molar-refractivity contribution in [1.29, 1.82) is 0 Å². The van der Waals surface area contributed by atoms with Crippen molar-refractivity contribution in [2.75, 3.05) is 5.73 Å². The van der Waals surface area contributed by atoms with Crippen LogP contribution in [0.25, 0.3) is 0 Å². The Morgan fingerprint density at radius 1 is 1.15 bits per heavy atom. The molecule has 26 heavy (non-hydrogen) atoms. The molecule has 0 spiro atoms. The highest BCUT2D eigenvalue weighted by Gasteiger charge is 2.07. The van der Waals surface area contributed by atoms with E-state index in [0.717, 1.165) is 12.1 Å². The third kappa shape index (κ3) is 4.02. The maximum atomic E-state index is 13.6. The number of hydrogen-bond acceptors (Lipinski definition) is 4. The van der Waals surface area contributed by atoms with E-state index in [1.165, 1.54) is 35.2 Å². The van der Waals surface area contributed by atoms with E-state index in [4.69, 9.17) is 10.5 Å². The van der Waals surface area contributed by atoms with Gasteiger partial charge in [-0.2, -0.15) is 5.10 Å². The van der Waals surface area contributed by atoms with E-state index in [1.807, 2.05) is 0 Å². The predicted octanol–water partition coefficient (Wildman–Crippen LogP) is 3.65. The Labute approximate surface area is 147 Å². The Balaban J connectivity index is 1.81. The van der Waals surface area contributed by atoms with E-state index in [9.17, 15) is 13.2 Å². The first kappa shape index (κ1) is 17.5. The molecule has 5 nitrogen and oxygen atoms in total. The smallest absolute Gasteiger partial charge is 0.221 e. The van der Waals surface area contributed by atoms with Gasteiger partial charge in [-0.1, -0.05) is 6.07 Å². The molecule has 3 aromatic rings. The summed E-state index contributed by atoms with van der Waals surface area (Å²) >= 11 is 0. The fraction of sp³-hybridized carbons (Fsp3) is 0.111. The molecule has 0 radical (unpaired) electrons. The molecule has 2 N–H and O–H groups in total. The number of anilines is 1. The molecule has 134 valence electrons. The van der Waals surface area contributed by atoms with Gasteiger partial charge in [-0.3, -0.25) is 0 Å². The molecule has 2 aromatic carbocycles. The number of imidazole rings is 1. The van der Waals surface area contributed by atoms with Crippen LogP contribution in [-0.4, -0.2) is 15.9 Å². The minimum absolute atomic E-state index is 0.0617. The lowest BCUT2D eigenvalue weighted by molar-refractivity contribution is 0.303. The fourth-order valence-corrected chi connectivity index (χ4v) is 2.25. The Morgan fingerprint density at radius 3 is 2.65 bits per heavy atom. The molecule has 0 saturated heterocycles. The van der Waals surface area contributed by atoms with Crippen molar-refractivity contribution in [2.24, 2.45) is 5.10 Å². The van der Waals surface area contributed by atoms with Crippen molar-refractivity contribution in [3.05, 3.63) is 76.9 Å². The average molecular weight is 360 g/mol. The lowest BCUT2D eigenvalue weighted by Gasteiger charge is -2.10. The van der Waals surface area contributed by atoms with Crippen LogP contribution in [0.15, 0.2) is 47.7 Å². The van der Waals surface area contributed by atoms with Crippen LogP contribution in [-0.2, 0) is 6.61 Å². The van der Waals surface area contributed by atoms with Gasteiger partial charge in [0.1, 0.15) is 18.2 Å². The van der Waals surface area contributed by atoms with Gasteiger partial charge in [0.15, 0.2) is 11.6 Å². The molecule has 0 fully saturated rings. The zero-order chi connectivity index (χ0) is 18.7. The lowest BCUT2D eigenvalue weighted by atomic mass is 10.2. The second kappa shape index (κ2) is 7.30. The monoisotopic (exact) mass is 360 g/mol. The van der Waals surface area contributed by atoms with Gasteiger partial charge < -0.3 is 10.5 Å². The van der Waals surface area contributed by atoms with E-state index in [0.29, 0.717) is 16.8 Å². The number of hydrogen-bond donors (Lipinski definition) is 1. The van der Waals surface area contributed by atoms with Crippen LogP contribution in [0.2, 0.25) is 0 Å². The first-order chi connectivity index (χ1) is 12.4. The van der Waals surface area contributed by atoms with Crippen molar-refractivity contribution in [3.8, 4) is 5.75 Å². The Bertz CT molecular complexity index is 969. The van der Waals surface area contributed by atoms with Crippen molar-refractivity contribution in [2.45, 2.75) is 13.5 Å². The number of benzene rings is 2. The third-order valence-electron chi connectivity index (χ3n) is 3.51. The highest BCUT2D eigenvalue weighted by molar-refractivity contribution is 5.83. The first-order valence-electron chi connectivity index (χ1n) is 7.64. The van der Waals surface area contributed by atoms with Gasteiger partial charge in [-0.15, -0.1) is 0 Å². The number of nitrogens with two attached hydrogens (primary N) is 1. The van der Waals surface area contributed by atoms with Gasteiger partial charge in [-0.25, -0.2) is 22.8 Å². The quantitative estimate of drug-likeness (QED) is 0.707. The van der Waals surface area contributed by atoms with Gasteiger partial charge in [-0.05, 0) is 36.8 Å². The molecule has 0 amide bonds. The minimum atomic E-state index is -0.974. The number of halogens is 3. The van der Waals surface area contributed by atoms with Crippen LogP contribution in [0.4, 0.5) is 19.1 Å². The van der Waals surface area contributed by atoms with Crippen LogP contribution in [0.3, 0.4) is 0 Å². The summed E-state index contributed by atoms with van der Waals surface area (Å²) < 4.78 is 46.7. The Hall–Kier alpha value is -3.29. The van der Waals surface area contributed by atoms with Crippen LogP contribution >= 0.6 is 0 Å². The van der Waals surface area contributed by atoms with Gasteiger partial charge in [0.05, 0.1) is 18.1 Å². The summed E-state index contributed by atoms with van der Waals surface area (Å²) in [5, 5.41) is 4.16. The molecule has 0 aliphatic carbocycles. The molecule has 0 bridgehead atoms. The maximum absolute atomic E-state index is 13.6. The summed E-state index contributed by atoms with van der Waals surface area (Å²) in [5.41, 5.74) is 7.31. The third-order valence-corrected chi connectivity index (χ3v) is 3.51. The summed E-state index contributed by atoms with van der Waals surface area (Å²) in [5.74, 6) is -2.00. The minimum Gasteiger partial charge on any atom is -0.488 e. The summed E-state index contributed by atoms with van der Waals surface area (Å²) in [6.45, 7) is 1.71. The van der Waals surface area contributed by atoms with Crippen LogP contribution in [0, 0.1) is 24.4 Å². The summed E-state index contributed by atoms with van der Waals surface area (Å²) in [6, 6.07) is 7.35. The van der Waals surface area contributed by atoms with Gasteiger partial charge >= 0.3 is 0 Å². The normalized spacial score (nSPS) is 11.2. The van der Waals surface area contributed by atoms with Crippen molar-refractivity contribution in [3.63, 3.8) is 0 Å². The first-order valence-corrected chi connectivity index (χ1v) is 7.64. The molecule has 0 saturated carbocycles. The number of nitrogen functional groups attached to an aromatic ring is 1. The van der Waals surface area contributed by atoms with E-state index in [-0.39, 0.29) is 18.3 Å².